The van der Waals surface area contributed by atoms with Gasteiger partial charge in [0, 0.05) is 19.7 Å². The highest BCUT2D eigenvalue weighted by Gasteiger charge is 2.15. The first-order valence-electron chi connectivity index (χ1n) is 5.41. The molecule has 0 amide bonds. The molecule has 0 aliphatic rings. The zero-order chi connectivity index (χ0) is 11.4. The highest BCUT2D eigenvalue weighted by Crippen LogP contribution is 2.17. The summed E-state index contributed by atoms with van der Waals surface area (Å²) in [7, 11) is 1.87. The fourth-order valence-corrected chi connectivity index (χ4v) is 1.71. The van der Waals surface area contributed by atoms with Gasteiger partial charge in [0.2, 0.25) is 0 Å². The first-order chi connectivity index (χ1) is 7.79. The van der Waals surface area contributed by atoms with Crippen molar-refractivity contribution >= 4 is 0 Å². The van der Waals surface area contributed by atoms with E-state index < -0.39 is 0 Å². The topological polar surface area (TPSA) is 55.9 Å². The van der Waals surface area contributed by atoms with Gasteiger partial charge in [-0.05, 0) is 18.7 Å². The SMILES string of the molecule is CCNC(Cc1cn(C)nn1)c1ccco1. The summed E-state index contributed by atoms with van der Waals surface area (Å²) in [5, 5.41) is 11.4. The highest BCUT2D eigenvalue weighted by atomic mass is 16.3. The maximum atomic E-state index is 5.41. The van der Waals surface area contributed by atoms with Crippen molar-refractivity contribution in [3.8, 4) is 0 Å². The Hall–Kier alpha value is -1.62. The molecule has 86 valence electrons. The van der Waals surface area contributed by atoms with Crippen LogP contribution in [0, 0.1) is 0 Å². The van der Waals surface area contributed by atoms with Crippen LogP contribution in [0.3, 0.4) is 0 Å². The van der Waals surface area contributed by atoms with Crippen LogP contribution in [0.1, 0.15) is 24.4 Å². The Kier molecular flexibility index (Phi) is 3.36. The van der Waals surface area contributed by atoms with Crippen LogP contribution in [0.2, 0.25) is 0 Å². The lowest BCUT2D eigenvalue weighted by Gasteiger charge is -2.13. The van der Waals surface area contributed by atoms with E-state index in [-0.39, 0.29) is 6.04 Å². The molecule has 0 spiro atoms. The third kappa shape index (κ3) is 2.49. The molecule has 0 saturated heterocycles. The van der Waals surface area contributed by atoms with Crippen LogP contribution in [0.25, 0.3) is 0 Å². The van der Waals surface area contributed by atoms with Crippen LogP contribution in [-0.4, -0.2) is 21.5 Å². The summed E-state index contributed by atoms with van der Waals surface area (Å²) in [6.07, 6.45) is 4.40. The number of hydrogen-bond acceptors (Lipinski definition) is 4. The number of hydrogen-bond donors (Lipinski definition) is 1. The Morgan fingerprint density at radius 2 is 2.44 bits per heavy atom. The van der Waals surface area contributed by atoms with E-state index in [0.717, 1.165) is 24.4 Å². The second-order valence-corrected chi connectivity index (χ2v) is 3.71. The summed E-state index contributed by atoms with van der Waals surface area (Å²) < 4.78 is 7.12. The van der Waals surface area contributed by atoms with Gasteiger partial charge in [0.15, 0.2) is 0 Å². The number of aryl methyl sites for hydroxylation is 1. The lowest BCUT2D eigenvalue weighted by Crippen LogP contribution is -2.22. The van der Waals surface area contributed by atoms with Crippen molar-refractivity contribution in [3.63, 3.8) is 0 Å². The van der Waals surface area contributed by atoms with Gasteiger partial charge in [-0.15, -0.1) is 5.10 Å². The maximum Gasteiger partial charge on any atom is 0.121 e. The summed E-state index contributed by atoms with van der Waals surface area (Å²) in [5.74, 6) is 0.938. The molecule has 0 aliphatic heterocycles. The van der Waals surface area contributed by atoms with Gasteiger partial charge < -0.3 is 9.73 Å². The predicted molar refractivity (Wildman–Crippen MR) is 59.8 cm³/mol. The molecule has 1 atom stereocenters. The number of furan rings is 1. The van der Waals surface area contributed by atoms with Gasteiger partial charge in [-0.1, -0.05) is 12.1 Å². The fourth-order valence-electron chi connectivity index (χ4n) is 1.71. The molecule has 2 aromatic rings. The summed E-state index contributed by atoms with van der Waals surface area (Å²) in [5.41, 5.74) is 0.963. The summed E-state index contributed by atoms with van der Waals surface area (Å²) in [6, 6.07) is 4.04. The monoisotopic (exact) mass is 220 g/mol. The normalized spacial score (nSPS) is 12.9. The molecule has 0 fully saturated rings. The van der Waals surface area contributed by atoms with Crippen molar-refractivity contribution in [2.75, 3.05) is 6.54 Å². The van der Waals surface area contributed by atoms with E-state index in [2.05, 4.69) is 22.6 Å². The Bertz CT molecular complexity index is 421. The minimum absolute atomic E-state index is 0.164. The molecule has 2 aromatic heterocycles. The minimum atomic E-state index is 0.164. The summed E-state index contributed by atoms with van der Waals surface area (Å²) in [6.45, 7) is 2.97. The molecule has 16 heavy (non-hydrogen) atoms. The molecule has 5 heteroatoms. The lowest BCUT2D eigenvalue weighted by atomic mass is 10.1. The van der Waals surface area contributed by atoms with Crippen molar-refractivity contribution in [2.24, 2.45) is 7.05 Å². The van der Waals surface area contributed by atoms with Crippen LogP contribution in [0.15, 0.2) is 29.0 Å². The van der Waals surface area contributed by atoms with Crippen LogP contribution >= 0.6 is 0 Å². The standard InChI is InChI=1S/C11H16N4O/c1-3-12-10(11-5-4-6-16-11)7-9-8-15(2)14-13-9/h4-6,8,10,12H,3,7H2,1-2H3. The number of nitrogens with zero attached hydrogens (tertiary/aromatic N) is 3. The third-order valence-electron chi connectivity index (χ3n) is 2.40. The summed E-state index contributed by atoms with van der Waals surface area (Å²) >= 11 is 0. The van der Waals surface area contributed by atoms with Crippen LogP contribution in [0.5, 0.6) is 0 Å². The van der Waals surface area contributed by atoms with E-state index in [1.807, 2.05) is 25.4 Å². The molecule has 0 aromatic carbocycles. The molecule has 0 bridgehead atoms. The van der Waals surface area contributed by atoms with Gasteiger partial charge in [0.05, 0.1) is 18.0 Å². The molecule has 0 aliphatic carbocycles. The van der Waals surface area contributed by atoms with Crippen molar-refractivity contribution in [2.45, 2.75) is 19.4 Å². The molecule has 1 unspecified atom stereocenters. The highest BCUT2D eigenvalue weighted by molar-refractivity contribution is 5.08. The van der Waals surface area contributed by atoms with Gasteiger partial charge in [0.1, 0.15) is 5.76 Å². The van der Waals surface area contributed by atoms with Crippen LogP contribution < -0.4 is 5.32 Å². The number of likely N-dealkylation sites (N-methyl/N-ethyl adjacent to an activating group) is 1. The Morgan fingerprint density at radius 1 is 1.56 bits per heavy atom. The second-order valence-electron chi connectivity index (χ2n) is 3.71. The number of nitrogens with one attached hydrogen (secondary N) is 1. The lowest BCUT2D eigenvalue weighted by molar-refractivity contribution is 0.414. The zero-order valence-electron chi connectivity index (χ0n) is 9.55. The summed E-state index contributed by atoms with van der Waals surface area (Å²) in [4.78, 5) is 0. The number of aromatic nitrogens is 3. The molecule has 1 N–H and O–H groups in total. The van der Waals surface area contributed by atoms with Crippen molar-refractivity contribution in [3.05, 3.63) is 36.0 Å². The predicted octanol–water partition coefficient (Wildman–Crippen LogP) is 1.30. The van der Waals surface area contributed by atoms with E-state index in [1.54, 1.807) is 10.9 Å². The molecule has 5 nitrogen and oxygen atoms in total. The molecular weight excluding hydrogens is 204 g/mol. The molecule has 2 heterocycles. The third-order valence-corrected chi connectivity index (χ3v) is 2.40. The first kappa shape index (κ1) is 10.9. The van der Waals surface area contributed by atoms with Crippen molar-refractivity contribution in [1.29, 1.82) is 0 Å². The largest absolute Gasteiger partial charge is 0.468 e. The fraction of sp³-hybridized carbons (Fsp3) is 0.455. The average Bonchev–Trinajstić information content (AvgIpc) is 2.88. The first-order valence-corrected chi connectivity index (χ1v) is 5.41. The number of rotatable bonds is 5. The van der Waals surface area contributed by atoms with Crippen LogP contribution in [-0.2, 0) is 13.5 Å². The minimum Gasteiger partial charge on any atom is -0.468 e. The van der Waals surface area contributed by atoms with E-state index in [1.165, 1.54) is 0 Å². The maximum absolute atomic E-state index is 5.41. The zero-order valence-corrected chi connectivity index (χ0v) is 9.55. The Labute approximate surface area is 94.5 Å². The van der Waals surface area contributed by atoms with E-state index in [4.69, 9.17) is 4.42 Å². The Balaban J connectivity index is 2.09. The quantitative estimate of drug-likeness (QED) is 0.825. The molecule has 2 rings (SSSR count). The van der Waals surface area contributed by atoms with Gasteiger partial charge >= 0.3 is 0 Å². The smallest absolute Gasteiger partial charge is 0.121 e. The van der Waals surface area contributed by atoms with Gasteiger partial charge in [-0.3, -0.25) is 4.68 Å². The molecular formula is C11H16N4O. The van der Waals surface area contributed by atoms with Crippen LogP contribution in [0.4, 0.5) is 0 Å². The Morgan fingerprint density at radius 3 is 3.00 bits per heavy atom. The van der Waals surface area contributed by atoms with Gasteiger partial charge in [0.25, 0.3) is 0 Å². The van der Waals surface area contributed by atoms with Gasteiger partial charge in [-0.25, -0.2) is 0 Å². The van der Waals surface area contributed by atoms with Gasteiger partial charge in [-0.2, -0.15) is 0 Å². The molecule has 0 radical (unpaired) electrons. The second kappa shape index (κ2) is 4.94. The molecule has 0 saturated carbocycles. The van der Waals surface area contributed by atoms with E-state index in [0.29, 0.717) is 0 Å². The van der Waals surface area contributed by atoms with E-state index >= 15 is 0 Å². The van der Waals surface area contributed by atoms with Crippen molar-refractivity contribution < 1.29 is 4.42 Å². The van der Waals surface area contributed by atoms with E-state index in [9.17, 15) is 0 Å². The van der Waals surface area contributed by atoms with Crippen molar-refractivity contribution in [1.82, 2.24) is 20.3 Å². The average molecular weight is 220 g/mol.